The van der Waals surface area contributed by atoms with E-state index in [-0.39, 0.29) is 0 Å². The monoisotopic (exact) mass is 274 g/mol. The summed E-state index contributed by atoms with van der Waals surface area (Å²) in [5.41, 5.74) is 5.56. The molecular weight excluding hydrogens is 256 g/mol. The van der Waals surface area contributed by atoms with E-state index in [0.29, 0.717) is 0 Å². The van der Waals surface area contributed by atoms with E-state index in [1.165, 1.54) is 11.1 Å². The predicted octanol–water partition coefficient (Wildman–Crippen LogP) is 4.67. The summed E-state index contributed by atoms with van der Waals surface area (Å²) in [6, 6.07) is 26.6. The third-order valence-corrected chi connectivity index (χ3v) is 3.63. The van der Waals surface area contributed by atoms with Crippen LogP contribution in [0.1, 0.15) is 5.56 Å². The lowest BCUT2D eigenvalue weighted by atomic mass is 9.99. The van der Waals surface area contributed by atoms with Crippen LogP contribution in [0.4, 0.5) is 11.4 Å². The number of hydrazine groups is 1. The first-order valence-electron chi connectivity index (χ1n) is 7.02. The van der Waals surface area contributed by atoms with Crippen LogP contribution in [-0.4, -0.2) is 0 Å². The van der Waals surface area contributed by atoms with Crippen LogP contribution in [-0.2, 0) is 0 Å². The normalized spacial score (nSPS) is 10.4. The average molecular weight is 274 g/mol. The number of nitrogens with two attached hydrogens (primary N) is 1. The zero-order valence-corrected chi connectivity index (χ0v) is 12.0. The maximum absolute atomic E-state index is 6.34. The molecule has 3 rings (SSSR count). The Balaban J connectivity index is 2.11. The molecule has 0 amide bonds. The van der Waals surface area contributed by atoms with E-state index < -0.39 is 0 Å². The lowest BCUT2D eigenvalue weighted by Gasteiger charge is -2.22. The maximum Gasteiger partial charge on any atom is 0.0653 e. The van der Waals surface area contributed by atoms with Crippen molar-refractivity contribution in [1.29, 1.82) is 0 Å². The van der Waals surface area contributed by atoms with Crippen molar-refractivity contribution in [3.63, 3.8) is 0 Å². The Morgan fingerprint density at radius 3 is 1.95 bits per heavy atom. The number of para-hydroxylation sites is 2. The molecule has 0 aliphatic heterocycles. The van der Waals surface area contributed by atoms with Crippen molar-refractivity contribution >= 4 is 11.4 Å². The summed E-state index contributed by atoms with van der Waals surface area (Å²) in [5, 5.41) is 1.74. The Morgan fingerprint density at radius 1 is 0.667 bits per heavy atom. The molecule has 2 N–H and O–H groups in total. The first kappa shape index (κ1) is 13.4. The predicted molar refractivity (Wildman–Crippen MR) is 89.4 cm³/mol. The highest BCUT2D eigenvalue weighted by atomic mass is 15.4. The second-order valence-electron chi connectivity index (χ2n) is 5.04. The van der Waals surface area contributed by atoms with Crippen molar-refractivity contribution in [1.82, 2.24) is 0 Å². The highest BCUT2D eigenvalue weighted by Crippen LogP contribution is 2.34. The van der Waals surface area contributed by atoms with Crippen molar-refractivity contribution in [2.24, 2.45) is 5.84 Å². The number of hydrogen-bond donors (Lipinski definition) is 1. The zero-order valence-electron chi connectivity index (χ0n) is 12.0. The molecule has 0 aliphatic carbocycles. The van der Waals surface area contributed by atoms with Gasteiger partial charge in [0.2, 0.25) is 0 Å². The molecule has 2 nitrogen and oxygen atoms in total. The van der Waals surface area contributed by atoms with Gasteiger partial charge in [0.15, 0.2) is 0 Å². The number of benzene rings is 3. The number of anilines is 2. The van der Waals surface area contributed by atoms with Crippen LogP contribution in [0, 0.1) is 6.92 Å². The van der Waals surface area contributed by atoms with Crippen LogP contribution in [0.25, 0.3) is 11.1 Å². The summed E-state index contributed by atoms with van der Waals surface area (Å²) in [7, 11) is 0. The van der Waals surface area contributed by atoms with Crippen molar-refractivity contribution in [3.8, 4) is 11.1 Å². The standard InChI is InChI=1S/C19H18N2/c1-15-9-5-6-12-17(15)18-13-7-8-14-19(18)21(20)16-10-3-2-4-11-16/h2-14H,20H2,1H3. The summed E-state index contributed by atoms with van der Waals surface area (Å²) >= 11 is 0. The van der Waals surface area contributed by atoms with Gasteiger partial charge in [-0.15, -0.1) is 0 Å². The smallest absolute Gasteiger partial charge is 0.0653 e. The van der Waals surface area contributed by atoms with Crippen molar-refractivity contribution in [2.45, 2.75) is 6.92 Å². The van der Waals surface area contributed by atoms with Gasteiger partial charge >= 0.3 is 0 Å². The van der Waals surface area contributed by atoms with Crippen LogP contribution in [0.3, 0.4) is 0 Å². The first-order valence-corrected chi connectivity index (χ1v) is 7.02. The van der Waals surface area contributed by atoms with Crippen molar-refractivity contribution in [2.75, 3.05) is 5.01 Å². The Kier molecular flexibility index (Phi) is 3.71. The molecule has 0 aliphatic rings. The Bertz CT molecular complexity index is 735. The number of aryl methyl sites for hydroxylation is 1. The van der Waals surface area contributed by atoms with Crippen molar-refractivity contribution in [3.05, 3.63) is 84.4 Å². The zero-order chi connectivity index (χ0) is 14.7. The van der Waals surface area contributed by atoms with Gasteiger partial charge in [-0.1, -0.05) is 60.7 Å². The Hall–Kier alpha value is -2.58. The molecule has 0 aromatic heterocycles. The van der Waals surface area contributed by atoms with Gasteiger partial charge in [0.05, 0.1) is 11.4 Å². The van der Waals surface area contributed by atoms with Gasteiger partial charge in [-0.3, -0.25) is 5.01 Å². The number of rotatable bonds is 3. The Morgan fingerprint density at radius 2 is 1.24 bits per heavy atom. The summed E-state index contributed by atoms with van der Waals surface area (Å²) in [4.78, 5) is 0. The van der Waals surface area contributed by atoms with Gasteiger partial charge in [-0.25, -0.2) is 5.84 Å². The number of hydrogen-bond acceptors (Lipinski definition) is 2. The molecule has 0 fully saturated rings. The van der Waals surface area contributed by atoms with Crippen LogP contribution in [0.15, 0.2) is 78.9 Å². The summed E-state index contributed by atoms with van der Waals surface area (Å²) in [6.07, 6.45) is 0. The van der Waals surface area contributed by atoms with E-state index in [9.17, 15) is 0 Å². The molecule has 3 aromatic rings. The summed E-state index contributed by atoms with van der Waals surface area (Å²) < 4.78 is 0. The van der Waals surface area contributed by atoms with Gasteiger partial charge in [-0.05, 0) is 36.2 Å². The highest BCUT2D eigenvalue weighted by molar-refractivity contribution is 5.83. The lowest BCUT2D eigenvalue weighted by Crippen LogP contribution is -2.25. The average Bonchev–Trinajstić information content (AvgIpc) is 2.55. The SMILES string of the molecule is Cc1ccccc1-c1ccccc1N(N)c1ccccc1. The van der Waals surface area contributed by atoms with Crippen LogP contribution >= 0.6 is 0 Å². The van der Waals surface area contributed by atoms with E-state index in [1.807, 2.05) is 42.5 Å². The molecule has 0 heterocycles. The van der Waals surface area contributed by atoms with Gasteiger partial charge in [0, 0.05) is 5.56 Å². The highest BCUT2D eigenvalue weighted by Gasteiger charge is 2.12. The molecule has 3 aromatic carbocycles. The quantitative estimate of drug-likeness (QED) is 0.555. The number of nitrogens with zero attached hydrogens (tertiary/aromatic N) is 1. The molecule has 0 bridgehead atoms. The fourth-order valence-electron chi connectivity index (χ4n) is 2.51. The molecule has 104 valence electrons. The van der Waals surface area contributed by atoms with Crippen LogP contribution in [0.2, 0.25) is 0 Å². The molecule has 0 radical (unpaired) electrons. The summed E-state index contributed by atoms with van der Waals surface area (Å²) in [6.45, 7) is 2.12. The minimum absolute atomic E-state index is 0.971. The van der Waals surface area contributed by atoms with E-state index >= 15 is 0 Å². The molecule has 0 spiro atoms. The van der Waals surface area contributed by atoms with Crippen molar-refractivity contribution < 1.29 is 0 Å². The minimum atomic E-state index is 0.971. The molecule has 0 saturated heterocycles. The molecule has 0 saturated carbocycles. The fraction of sp³-hybridized carbons (Fsp3) is 0.0526. The molecular formula is C19H18N2. The maximum atomic E-state index is 6.34. The lowest BCUT2D eigenvalue weighted by molar-refractivity contribution is 1.09. The molecule has 2 heteroatoms. The Labute approximate surface area is 125 Å². The van der Waals surface area contributed by atoms with Crippen LogP contribution in [0.5, 0.6) is 0 Å². The molecule has 21 heavy (non-hydrogen) atoms. The van der Waals surface area contributed by atoms with E-state index in [4.69, 9.17) is 5.84 Å². The van der Waals surface area contributed by atoms with E-state index in [1.54, 1.807) is 5.01 Å². The van der Waals surface area contributed by atoms with Crippen LogP contribution < -0.4 is 10.9 Å². The topological polar surface area (TPSA) is 29.3 Å². The second kappa shape index (κ2) is 5.81. The third-order valence-electron chi connectivity index (χ3n) is 3.63. The third kappa shape index (κ3) is 2.67. The minimum Gasteiger partial charge on any atom is -0.279 e. The second-order valence-corrected chi connectivity index (χ2v) is 5.04. The fourth-order valence-corrected chi connectivity index (χ4v) is 2.51. The van der Waals surface area contributed by atoms with E-state index in [2.05, 4.69) is 43.3 Å². The largest absolute Gasteiger partial charge is 0.279 e. The molecule has 0 unspecified atom stereocenters. The van der Waals surface area contributed by atoms with E-state index in [0.717, 1.165) is 16.9 Å². The summed E-state index contributed by atoms with van der Waals surface area (Å²) in [5.74, 6) is 6.34. The van der Waals surface area contributed by atoms with Gasteiger partial charge in [0.25, 0.3) is 0 Å². The first-order chi connectivity index (χ1) is 10.3. The van der Waals surface area contributed by atoms with Gasteiger partial charge in [-0.2, -0.15) is 0 Å². The van der Waals surface area contributed by atoms with Gasteiger partial charge in [0.1, 0.15) is 0 Å². The molecule has 0 atom stereocenters. The van der Waals surface area contributed by atoms with Gasteiger partial charge < -0.3 is 0 Å².